The summed E-state index contributed by atoms with van der Waals surface area (Å²) in [7, 11) is 1.61. The van der Waals surface area contributed by atoms with Gasteiger partial charge >= 0.3 is 6.09 Å². The fraction of sp³-hybridized carbons (Fsp3) is 0.517. The van der Waals surface area contributed by atoms with Crippen LogP contribution in [0.2, 0.25) is 0 Å². The zero-order valence-electron chi connectivity index (χ0n) is 21.9. The van der Waals surface area contributed by atoms with Crippen LogP contribution in [0.5, 0.6) is 5.75 Å². The van der Waals surface area contributed by atoms with Crippen LogP contribution in [0.1, 0.15) is 76.5 Å². The van der Waals surface area contributed by atoms with E-state index in [2.05, 4.69) is 6.92 Å². The maximum atomic E-state index is 13.6. The Morgan fingerprint density at radius 1 is 1.06 bits per heavy atom. The van der Waals surface area contributed by atoms with Gasteiger partial charge in [0.25, 0.3) is 5.91 Å². The molecule has 1 N–H and O–H groups in total. The van der Waals surface area contributed by atoms with Crippen LogP contribution < -0.4 is 4.74 Å². The zero-order chi connectivity index (χ0) is 26.1. The number of hydrogen-bond acceptors (Lipinski definition) is 6. The molecule has 0 unspecified atom stereocenters. The van der Waals surface area contributed by atoms with Gasteiger partial charge in [0.1, 0.15) is 11.9 Å². The molecule has 4 atom stereocenters. The van der Waals surface area contributed by atoms with E-state index in [4.69, 9.17) is 9.47 Å². The van der Waals surface area contributed by atoms with Gasteiger partial charge in [-0.25, -0.2) is 4.79 Å². The molecule has 0 aromatic heterocycles. The van der Waals surface area contributed by atoms with Crippen molar-refractivity contribution in [3.8, 4) is 5.75 Å². The summed E-state index contributed by atoms with van der Waals surface area (Å²) in [5.41, 5.74) is 1.79. The lowest BCUT2D eigenvalue weighted by Gasteiger charge is -2.45. The molecule has 1 aliphatic heterocycles. The summed E-state index contributed by atoms with van der Waals surface area (Å²) in [5, 5.41) is 13.6. The Kier molecular flexibility index (Phi) is 10.3. The maximum absolute atomic E-state index is 13.6. The van der Waals surface area contributed by atoms with Crippen LogP contribution in [-0.2, 0) is 16.1 Å². The number of benzene rings is 2. The van der Waals surface area contributed by atoms with Gasteiger partial charge in [-0.3, -0.25) is 4.79 Å². The van der Waals surface area contributed by atoms with Gasteiger partial charge in [0.05, 0.1) is 25.2 Å². The first-order valence-electron chi connectivity index (χ1n) is 13.0. The normalized spacial score (nSPS) is 20.0. The van der Waals surface area contributed by atoms with Gasteiger partial charge in [-0.05, 0) is 36.6 Å². The van der Waals surface area contributed by atoms with Gasteiger partial charge in [0, 0.05) is 6.54 Å². The Labute approximate surface area is 215 Å². The molecular formula is C29H40N2O5. The summed E-state index contributed by atoms with van der Waals surface area (Å²) in [4.78, 5) is 26.8. The van der Waals surface area contributed by atoms with Crippen LogP contribution >= 0.6 is 0 Å². The van der Waals surface area contributed by atoms with E-state index in [0.717, 1.165) is 47.6 Å². The SMILES string of the molecule is CCCCCCC[C@@H](O)[C@H](C)C(=O)N1C(=O)O[C@H](c2ccccc2)[C@H](C)N1Cc1ccc(OC)cc1. The van der Waals surface area contributed by atoms with Gasteiger partial charge in [0.2, 0.25) is 0 Å². The number of imide groups is 1. The lowest BCUT2D eigenvalue weighted by molar-refractivity contribution is -0.177. The Morgan fingerprint density at radius 2 is 1.72 bits per heavy atom. The van der Waals surface area contributed by atoms with Gasteiger partial charge in [-0.2, -0.15) is 10.0 Å². The highest BCUT2D eigenvalue weighted by molar-refractivity contribution is 5.93. The second kappa shape index (κ2) is 13.4. The van der Waals surface area contributed by atoms with E-state index >= 15 is 0 Å². The number of methoxy groups -OCH3 is 1. The average Bonchev–Trinajstić information content (AvgIpc) is 2.90. The Morgan fingerprint density at radius 3 is 2.36 bits per heavy atom. The molecule has 7 nitrogen and oxygen atoms in total. The summed E-state index contributed by atoms with van der Waals surface area (Å²) in [6, 6.07) is 16.8. The summed E-state index contributed by atoms with van der Waals surface area (Å²) in [6.45, 7) is 6.12. The number of amides is 2. The summed E-state index contributed by atoms with van der Waals surface area (Å²) >= 11 is 0. The summed E-state index contributed by atoms with van der Waals surface area (Å²) in [5.74, 6) is -0.453. The maximum Gasteiger partial charge on any atom is 0.432 e. The highest BCUT2D eigenvalue weighted by atomic mass is 16.6. The van der Waals surface area contributed by atoms with Crippen molar-refractivity contribution in [2.45, 2.75) is 84.1 Å². The molecule has 0 aliphatic carbocycles. The fourth-order valence-electron chi connectivity index (χ4n) is 4.60. The average molecular weight is 497 g/mol. The molecule has 0 bridgehead atoms. The molecule has 36 heavy (non-hydrogen) atoms. The number of ether oxygens (including phenoxy) is 2. The van der Waals surface area contributed by atoms with E-state index in [0.29, 0.717) is 13.0 Å². The first-order chi connectivity index (χ1) is 17.4. The number of cyclic esters (lactones) is 1. The van der Waals surface area contributed by atoms with Gasteiger partial charge in [-0.1, -0.05) is 88.4 Å². The largest absolute Gasteiger partial charge is 0.497 e. The quantitative estimate of drug-likeness (QED) is 0.370. The summed E-state index contributed by atoms with van der Waals surface area (Å²) in [6.07, 6.45) is 3.78. The third kappa shape index (κ3) is 6.86. The van der Waals surface area contributed by atoms with E-state index in [1.807, 2.05) is 61.5 Å². The van der Waals surface area contributed by atoms with Crippen molar-refractivity contribution < 1.29 is 24.2 Å². The van der Waals surface area contributed by atoms with Crippen molar-refractivity contribution in [2.24, 2.45) is 5.92 Å². The first-order valence-corrected chi connectivity index (χ1v) is 13.0. The van der Waals surface area contributed by atoms with E-state index in [9.17, 15) is 14.7 Å². The molecule has 3 rings (SSSR count). The van der Waals surface area contributed by atoms with Crippen LogP contribution in [-0.4, -0.2) is 46.4 Å². The molecule has 1 heterocycles. The molecule has 0 spiro atoms. The minimum Gasteiger partial charge on any atom is -0.497 e. The third-order valence-electron chi connectivity index (χ3n) is 6.98. The monoisotopic (exact) mass is 496 g/mol. The zero-order valence-corrected chi connectivity index (χ0v) is 21.9. The highest BCUT2D eigenvalue weighted by Gasteiger charge is 2.45. The number of unbranched alkanes of at least 4 members (excludes halogenated alkanes) is 4. The van der Waals surface area contributed by atoms with Crippen LogP contribution in [0.3, 0.4) is 0 Å². The molecule has 2 aromatic rings. The standard InChI is InChI=1S/C29H40N2O5/c1-5-6-7-8-12-15-26(32)21(2)28(33)31-29(34)36-27(24-13-10-9-11-14-24)22(3)30(31)20-23-16-18-25(35-4)19-17-23/h9-11,13-14,16-19,21-22,26-27,32H,5-8,12,15,20H2,1-4H3/t21-,22-,26+,27-/m0/s1. The van der Waals surface area contributed by atoms with E-state index in [1.54, 1.807) is 19.0 Å². The Bertz CT molecular complexity index is 965. The summed E-state index contributed by atoms with van der Waals surface area (Å²) < 4.78 is 11.1. The second-order valence-electron chi connectivity index (χ2n) is 9.61. The number of aliphatic hydroxyl groups is 1. The number of carbonyl (C=O) groups is 2. The van der Waals surface area contributed by atoms with E-state index in [1.165, 1.54) is 6.42 Å². The number of rotatable bonds is 12. The van der Waals surface area contributed by atoms with Crippen molar-refractivity contribution in [3.05, 3.63) is 65.7 Å². The Balaban J connectivity index is 1.81. The van der Waals surface area contributed by atoms with Crippen molar-refractivity contribution in [1.82, 2.24) is 10.0 Å². The van der Waals surface area contributed by atoms with Crippen LogP contribution in [0.4, 0.5) is 4.79 Å². The number of aliphatic hydroxyl groups excluding tert-OH is 1. The molecule has 0 radical (unpaired) electrons. The Hall–Kier alpha value is -2.90. The lowest BCUT2D eigenvalue weighted by Crippen LogP contribution is -2.61. The molecule has 2 amide bonds. The second-order valence-corrected chi connectivity index (χ2v) is 9.61. The fourth-order valence-corrected chi connectivity index (χ4v) is 4.60. The first kappa shape index (κ1) is 27.7. The predicted molar refractivity (Wildman–Crippen MR) is 139 cm³/mol. The minimum atomic E-state index is -0.822. The van der Waals surface area contributed by atoms with Crippen molar-refractivity contribution >= 4 is 12.0 Å². The van der Waals surface area contributed by atoms with Crippen molar-refractivity contribution in [1.29, 1.82) is 0 Å². The topological polar surface area (TPSA) is 79.3 Å². The van der Waals surface area contributed by atoms with E-state index in [-0.39, 0.29) is 6.04 Å². The molecule has 0 saturated carbocycles. The predicted octanol–water partition coefficient (Wildman–Crippen LogP) is 5.88. The minimum absolute atomic E-state index is 0.311. The van der Waals surface area contributed by atoms with Crippen LogP contribution in [0.25, 0.3) is 0 Å². The molecular weight excluding hydrogens is 456 g/mol. The lowest BCUT2D eigenvalue weighted by atomic mass is 9.97. The highest BCUT2D eigenvalue weighted by Crippen LogP contribution is 2.34. The third-order valence-corrected chi connectivity index (χ3v) is 6.98. The van der Waals surface area contributed by atoms with Crippen molar-refractivity contribution in [3.63, 3.8) is 0 Å². The molecule has 1 saturated heterocycles. The molecule has 1 aliphatic rings. The molecule has 196 valence electrons. The van der Waals surface area contributed by atoms with Crippen molar-refractivity contribution in [2.75, 3.05) is 7.11 Å². The van der Waals surface area contributed by atoms with Crippen LogP contribution in [0, 0.1) is 5.92 Å². The molecule has 7 heteroatoms. The smallest absolute Gasteiger partial charge is 0.432 e. The number of carbonyl (C=O) groups excluding carboxylic acids is 2. The van der Waals surface area contributed by atoms with Gasteiger partial charge < -0.3 is 14.6 Å². The number of hydrogen-bond donors (Lipinski definition) is 1. The number of nitrogens with zero attached hydrogens (tertiary/aromatic N) is 2. The number of hydrazine groups is 1. The van der Waals surface area contributed by atoms with Gasteiger partial charge in [0.15, 0.2) is 0 Å². The molecule has 2 aromatic carbocycles. The van der Waals surface area contributed by atoms with Gasteiger partial charge in [-0.15, -0.1) is 0 Å². The van der Waals surface area contributed by atoms with E-state index < -0.39 is 30.1 Å². The van der Waals surface area contributed by atoms with Crippen LogP contribution in [0.15, 0.2) is 54.6 Å². The molecule has 1 fully saturated rings.